The van der Waals surface area contributed by atoms with E-state index in [9.17, 15) is 4.79 Å². The zero-order valence-electron chi connectivity index (χ0n) is 16.7. The average Bonchev–Trinajstić information content (AvgIpc) is 3.19. The topological polar surface area (TPSA) is 54.0 Å². The van der Waals surface area contributed by atoms with Crippen LogP contribution < -0.4 is 10.6 Å². The van der Waals surface area contributed by atoms with Crippen LogP contribution in [-0.4, -0.2) is 10.9 Å². The zero-order chi connectivity index (χ0) is 20.6. The zero-order valence-corrected chi connectivity index (χ0v) is 18.3. The quantitative estimate of drug-likeness (QED) is 0.375. The largest absolute Gasteiger partial charge is 0.330 e. The summed E-state index contributed by atoms with van der Waals surface area (Å²) >= 11 is 7.72. The van der Waals surface area contributed by atoms with Crippen LogP contribution in [0.5, 0.6) is 0 Å². The fraction of sp³-hybridized carbons (Fsp3) is 0.304. The first kappa shape index (κ1) is 21.3. The minimum absolute atomic E-state index is 0.0756. The highest BCUT2D eigenvalue weighted by Crippen LogP contribution is 2.30. The van der Waals surface area contributed by atoms with Crippen LogP contribution in [-0.2, 0) is 4.79 Å². The average molecular weight is 428 g/mol. The van der Waals surface area contributed by atoms with Gasteiger partial charge in [-0.15, -0.1) is 11.3 Å². The van der Waals surface area contributed by atoms with Crippen molar-refractivity contribution in [3.8, 4) is 11.3 Å². The Bertz CT molecular complexity index is 939. The summed E-state index contributed by atoms with van der Waals surface area (Å²) in [6, 6.07) is 15.4. The van der Waals surface area contributed by atoms with E-state index in [-0.39, 0.29) is 11.8 Å². The first-order chi connectivity index (χ1) is 14.1. The van der Waals surface area contributed by atoms with Gasteiger partial charge in [0.15, 0.2) is 5.13 Å². The molecule has 3 rings (SSSR count). The van der Waals surface area contributed by atoms with Gasteiger partial charge in [-0.05, 0) is 37.1 Å². The molecule has 3 aromatic rings. The molecular weight excluding hydrogens is 402 g/mol. The highest BCUT2D eigenvalue weighted by Gasteiger charge is 2.16. The summed E-state index contributed by atoms with van der Waals surface area (Å²) in [6.45, 7) is 4.22. The highest BCUT2D eigenvalue weighted by atomic mass is 35.5. The van der Waals surface area contributed by atoms with Gasteiger partial charge in [-0.2, -0.15) is 0 Å². The molecule has 1 heterocycles. The van der Waals surface area contributed by atoms with Gasteiger partial charge in [-0.1, -0.05) is 62.6 Å². The lowest BCUT2D eigenvalue weighted by molar-refractivity contribution is -0.120. The minimum atomic E-state index is 0.0756. The Hall–Kier alpha value is -2.37. The van der Waals surface area contributed by atoms with Gasteiger partial charge < -0.3 is 10.6 Å². The van der Waals surface area contributed by atoms with Gasteiger partial charge in [-0.25, -0.2) is 4.98 Å². The number of thiazole rings is 1. The van der Waals surface area contributed by atoms with E-state index in [1.807, 2.05) is 53.9 Å². The maximum atomic E-state index is 12.5. The molecule has 6 heteroatoms. The molecule has 2 aromatic carbocycles. The van der Waals surface area contributed by atoms with Crippen molar-refractivity contribution < 1.29 is 4.79 Å². The normalized spacial score (nSPS) is 11.8. The Kier molecular flexibility index (Phi) is 7.67. The van der Waals surface area contributed by atoms with Crippen molar-refractivity contribution in [3.63, 3.8) is 0 Å². The fourth-order valence-electron chi connectivity index (χ4n) is 3.08. The lowest BCUT2D eigenvalue weighted by Crippen LogP contribution is -2.22. The summed E-state index contributed by atoms with van der Waals surface area (Å²) in [4.78, 5) is 17.1. The van der Waals surface area contributed by atoms with E-state index in [1.165, 1.54) is 11.3 Å². The molecule has 1 unspecified atom stereocenters. The van der Waals surface area contributed by atoms with E-state index in [2.05, 4.69) is 29.5 Å². The molecule has 0 bridgehead atoms. The number of benzene rings is 2. The number of nitrogens with zero attached hydrogens (tertiary/aromatic N) is 1. The van der Waals surface area contributed by atoms with Crippen LogP contribution in [0, 0.1) is 5.92 Å². The molecule has 0 fully saturated rings. The number of amides is 1. The SMILES string of the molecule is CCCCC(CC)C(=O)Nc1ccc(-c2csc(Nc3ccccc3Cl)n2)cc1. The first-order valence-electron chi connectivity index (χ1n) is 9.99. The predicted molar refractivity (Wildman–Crippen MR) is 124 cm³/mol. The van der Waals surface area contributed by atoms with E-state index >= 15 is 0 Å². The number of hydrogen-bond acceptors (Lipinski definition) is 4. The number of carbonyl (C=O) groups excluding carboxylic acids is 1. The molecule has 0 aliphatic carbocycles. The first-order valence-corrected chi connectivity index (χ1v) is 11.2. The van der Waals surface area contributed by atoms with E-state index < -0.39 is 0 Å². The van der Waals surface area contributed by atoms with Gasteiger partial charge in [0.25, 0.3) is 0 Å². The van der Waals surface area contributed by atoms with Gasteiger partial charge in [0.1, 0.15) is 0 Å². The second kappa shape index (κ2) is 10.4. The van der Waals surface area contributed by atoms with Crippen molar-refractivity contribution in [3.05, 3.63) is 58.9 Å². The van der Waals surface area contributed by atoms with Gasteiger partial charge in [0.05, 0.1) is 16.4 Å². The highest BCUT2D eigenvalue weighted by molar-refractivity contribution is 7.14. The Balaban J connectivity index is 1.64. The smallest absolute Gasteiger partial charge is 0.227 e. The molecule has 29 heavy (non-hydrogen) atoms. The molecule has 1 atom stereocenters. The van der Waals surface area contributed by atoms with Gasteiger partial charge in [-0.3, -0.25) is 4.79 Å². The molecule has 1 aromatic heterocycles. The van der Waals surface area contributed by atoms with Crippen LogP contribution in [0.1, 0.15) is 39.5 Å². The standard InChI is InChI=1S/C23H26ClN3OS/c1-3-5-8-16(4-2)22(28)25-18-13-11-17(12-14-18)21-15-29-23(27-21)26-20-10-7-6-9-19(20)24/h6-7,9-16H,3-5,8H2,1-2H3,(H,25,28)(H,26,27). The number of carbonyl (C=O) groups is 1. The number of halogens is 1. The second-order valence-corrected chi connectivity index (χ2v) is 8.22. The Morgan fingerprint density at radius 3 is 2.59 bits per heavy atom. The molecule has 0 aliphatic heterocycles. The van der Waals surface area contributed by atoms with Crippen molar-refractivity contribution in [2.45, 2.75) is 39.5 Å². The van der Waals surface area contributed by atoms with E-state index in [0.29, 0.717) is 5.02 Å². The van der Waals surface area contributed by atoms with Crippen LogP contribution in [0.3, 0.4) is 0 Å². The summed E-state index contributed by atoms with van der Waals surface area (Å²) in [5, 5.41) is 9.74. The summed E-state index contributed by atoms with van der Waals surface area (Å²) in [6.07, 6.45) is 4.00. The Morgan fingerprint density at radius 1 is 1.14 bits per heavy atom. The van der Waals surface area contributed by atoms with Crippen molar-refractivity contribution in [1.29, 1.82) is 0 Å². The Labute approximate surface area is 181 Å². The molecule has 2 N–H and O–H groups in total. The van der Waals surface area contributed by atoms with Crippen molar-refractivity contribution in [1.82, 2.24) is 4.98 Å². The van der Waals surface area contributed by atoms with Crippen molar-refractivity contribution >= 4 is 45.4 Å². The van der Waals surface area contributed by atoms with Crippen LogP contribution in [0.15, 0.2) is 53.9 Å². The van der Waals surface area contributed by atoms with E-state index in [0.717, 1.165) is 53.4 Å². The fourth-order valence-corrected chi connectivity index (χ4v) is 4.00. The predicted octanol–water partition coefficient (Wildman–Crippen LogP) is 7.36. The van der Waals surface area contributed by atoms with Gasteiger partial charge in [0.2, 0.25) is 5.91 Å². The molecule has 152 valence electrons. The third kappa shape index (κ3) is 5.81. The lowest BCUT2D eigenvalue weighted by Gasteiger charge is -2.14. The summed E-state index contributed by atoms with van der Waals surface area (Å²) < 4.78 is 0. The maximum Gasteiger partial charge on any atom is 0.227 e. The molecule has 4 nitrogen and oxygen atoms in total. The maximum absolute atomic E-state index is 12.5. The number of para-hydroxylation sites is 1. The van der Waals surface area contributed by atoms with Crippen LogP contribution in [0.2, 0.25) is 5.02 Å². The third-order valence-electron chi connectivity index (χ3n) is 4.84. The van der Waals surface area contributed by atoms with Crippen molar-refractivity contribution in [2.75, 3.05) is 10.6 Å². The van der Waals surface area contributed by atoms with Crippen LogP contribution in [0.4, 0.5) is 16.5 Å². The minimum Gasteiger partial charge on any atom is -0.330 e. The number of anilines is 3. The molecule has 0 radical (unpaired) electrons. The van der Waals surface area contributed by atoms with Gasteiger partial charge in [0, 0.05) is 22.5 Å². The summed E-state index contributed by atoms with van der Waals surface area (Å²) in [5.41, 5.74) is 3.54. The Morgan fingerprint density at radius 2 is 1.90 bits per heavy atom. The van der Waals surface area contributed by atoms with Crippen LogP contribution >= 0.6 is 22.9 Å². The summed E-state index contributed by atoms with van der Waals surface area (Å²) in [5.74, 6) is 0.181. The van der Waals surface area contributed by atoms with E-state index in [4.69, 9.17) is 11.6 Å². The van der Waals surface area contributed by atoms with E-state index in [1.54, 1.807) is 0 Å². The summed E-state index contributed by atoms with van der Waals surface area (Å²) in [7, 11) is 0. The molecule has 0 aliphatic rings. The molecule has 0 spiro atoms. The molecule has 0 saturated carbocycles. The lowest BCUT2D eigenvalue weighted by atomic mass is 9.98. The number of aromatic nitrogens is 1. The van der Waals surface area contributed by atoms with Crippen molar-refractivity contribution in [2.24, 2.45) is 5.92 Å². The third-order valence-corrected chi connectivity index (χ3v) is 5.92. The van der Waals surface area contributed by atoms with Crippen LogP contribution in [0.25, 0.3) is 11.3 Å². The number of unbranched alkanes of at least 4 members (excludes halogenated alkanes) is 1. The number of hydrogen-bond donors (Lipinski definition) is 2. The molecule has 0 saturated heterocycles. The monoisotopic (exact) mass is 427 g/mol. The second-order valence-electron chi connectivity index (χ2n) is 6.96. The number of nitrogens with one attached hydrogen (secondary N) is 2. The molecular formula is C23H26ClN3OS. The number of rotatable bonds is 9. The van der Waals surface area contributed by atoms with Gasteiger partial charge >= 0.3 is 0 Å². The molecule has 1 amide bonds.